The minimum absolute atomic E-state index is 0.0751. The van der Waals surface area contributed by atoms with Crippen LogP contribution in [-0.4, -0.2) is 36.2 Å². The Bertz CT molecular complexity index is 663. The van der Waals surface area contributed by atoms with Crippen LogP contribution in [0.15, 0.2) is 54.6 Å². The van der Waals surface area contributed by atoms with Crippen LogP contribution in [0.5, 0.6) is 5.75 Å². The van der Waals surface area contributed by atoms with E-state index in [2.05, 4.69) is 36.1 Å². The lowest BCUT2D eigenvalue weighted by Crippen LogP contribution is -2.32. The van der Waals surface area contributed by atoms with Gasteiger partial charge in [0.15, 0.2) is 0 Å². The van der Waals surface area contributed by atoms with Crippen molar-refractivity contribution in [1.82, 2.24) is 4.90 Å². The van der Waals surface area contributed by atoms with Gasteiger partial charge in [-0.1, -0.05) is 68.7 Å². The maximum atomic E-state index is 11.3. The van der Waals surface area contributed by atoms with E-state index in [1.807, 2.05) is 30.3 Å². The minimum Gasteiger partial charge on any atom is -0.494 e. The molecule has 0 aromatic heterocycles. The number of likely N-dealkylation sites (tertiary alicyclic amines) is 1. The van der Waals surface area contributed by atoms with Gasteiger partial charge in [0.25, 0.3) is 0 Å². The summed E-state index contributed by atoms with van der Waals surface area (Å²) < 4.78 is 5.77. The molecule has 0 spiro atoms. The van der Waals surface area contributed by atoms with E-state index in [0.717, 1.165) is 50.4 Å². The number of ether oxygens (including phenoxy) is 1. The van der Waals surface area contributed by atoms with Crippen LogP contribution in [0.3, 0.4) is 0 Å². The average Bonchev–Trinajstić information content (AvgIpc) is 3.02. The summed E-state index contributed by atoms with van der Waals surface area (Å²) in [6.07, 6.45) is 6.86. The molecule has 1 heterocycles. The quantitative estimate of drug-likeness (QED) is 0.577. The largest absolute Gasteiger partial charge is 0.494 e. The second kappa shape index (κ2) is 11.2. The zero-order chi connectivity index (χ0) is 19.6. The Morgan fingerprint density at radius 1 is 0.893 bits per heavy atom. The standard InChI is InChI=1S/C25H35NO2/c1-2-3-19-28-23-15-13-22(14-16-23)25(27)24(21-11-7-6-8-12-21)20-26-17-9-4-5-10-18-26/h6-8,11-16,24-25,27H,2-5,9-10,17-20H2,1H3/t24-,25-/m1/s1. The Balaban J connectivity index is 1.73. The minimum atomic E-state index is -0.518. The summed E-state index contributed by atoms with van der Waals surface area (Å²) in [4.78, 5) is 2.54. The molecule has 1 N–H and O–H groups in total. The summed E-state index contributed by atoms with van der Waals surface area (Å²) in [5.41, 5.74) is 2.18. The van der Waals surface area contributed by atoms with E-state index in [0.29, 0.717) is 0 Å². The summed E-state index contributed by atoms with van der Waals surface area (Å²) in [5.74, 6) is 0.958. The first-order chi connectivity index (χ1) is 13.8. The van der Waals surface area contributed by atoms with Crippen molar-refractivity contribution in [1.29, 1.82) is 0 Å². The molecule has 3 rings (SSSR count). The first-order valence-corrected chi connectivity index (χ1v) is 11.0. The predicted octanol–water partition coefficient (Wildman–Crippen LogP) is 5.56. The Morgan fingerprint density at radius 2 is 1.57 bits per heavy atom. The van der Waals surface area contributed by atoms with Gasteiger partial charge in [0.05, 0.1) is 12.7 Å². The molecule has 3 heteroatoms. The number of benzene rings is 2. The van der Waals surface area contributed by atoms with Crippen molar-refractivity contribution in [2.24, 2.45) is 0 Å². The van der Waals surface area contributed by atoms with Gasteiger partial charge in [0.2, 0.25) is 0 Å². The molecule has 2 aromatic carbocycles. The Kier molecular flexibility index (Phi) is 8.38. The molecule has 1 fully saturated rings. The van der Waals surface area contributed by atoms with Crippen LogP contribution in [0, 0.1) is 0 Å². The van der Waals surface area contributed by atoms with E-state index >= 15 is 0 Å². The number of unbranched alkanes of at least 4 members (excludes halogenated alkanes) is 1. The van der Waals surface area contributed by atoms with E-state index in [1.54, 1.807) is 0 Å². The van der Waals surface area contributed by atoms with Gasteiger partial charge >= 0.3 is 0 Å². The second-order valence-electron chi connectivity index (χ2n) is 7.95. The van der Waals surface area contributed by atoms with Gasteiger partial charge in [-0.3, -0.25) is 0 Å². The highest BCUT2D eigenvalue weighted by atomic mass is 16.5. The molecule has 0 saturated carbocycles. The summed E-state index contributed by atoms with van der Waals surface area (Å²) in [6.45, 7) is 6.09. The lowest BCUT2D eigenvalue weighted by Gasteiger charge is -2.30. The summed E-state index contributed by atoms with van der Waals surface area (Å²) in [7, 11) is 0. The molecule has 2 atom stereocenters. The van der Waals surface area contributed by atoms with Crippen LogP contribution in [0.1, 0.15) is 68.6 Å². The summed E-state index contributed by atoms with van der Waals surface area (Å²) in [5, 5.41) is 11.3. The lowest BCUT2D eigenvalue weighted by molar-refractivity contribution is 0.117. The fraction of sp³-hybridized carbons (Fsp3) is 0.520. The zero-order valence-corrected chi connectivity index (χ0v) is 17.2. The van der Waals surface area contributed by atoms with Crippen molar-refractivity contribution in [3.63, 3.8) is 0 Å². The third-order valence-electron chi connectivity index (χ3n) is 5.75. The number of aliphatic hydroxyl groups is 1. The third-order valence-corrected chi connectivity index (χ3v) is 5.75. The molecule has 0 amide bonds. The van der Waals surface area contributed by atoms with E-state index in [9.17, 15) is 5.11 Å². The molecule has 0 bridgehead atoms. The molecule has 28 heavy (non-hydrogen) atoms. The van der Waals surface area contributed by atoms with Crippen LogP contribution in [-0.2, 0) is 0 Å². The normalized spacial score (nSPS) is 17.6. The van der Waals surface area contributed by atoms with Crippen LogP contribution < -0.4 is 4.74 Å². The predicted molar refractivity (Wildman–Crippen MR) is 116 cm³/mol. The van der Waals surface area contributed by atoms with Crippen molar-refractivity contribution in [3.05, 3.63) is 65.7 Å². The topological polar surface area (TPSA) is 32.7 Å². The number of aliphatic hydroxyl groups excluding tert-OH is 1. The molecule has 1 aliphatic rings. The molecule has 0 radical (unpaired) electrons. The van der Waals surface area contributed by atoms with Crippen molar-refractivity contribution in [2.45, 2.75) is 57.5 Å². The molecule has 1 saturated heterocycles. The number of hydrogen-bond donors (Lipinski definition) is 1. The highest BCUT2D eigenvalue weighted by Crippen LogP contribution is 2.33. The molecule has 152 valence electrons. The summed E-state index contributed by atoms with van der Waals surface area (Å²) in [6, 6.07) is 18.5. The lowest BCUT2D eigenvalue weighted by atomic mass is 9.88. The van der Waals surface area contributed by atoms with Gasteiger partial charge in [0, 0.05) is 12.5 Å². The molecule has 0 unspecified atom stereocenters. The van der Waals surface area contributed by atoms with Crippen molar-refractivity contribution in [2.75, 3.05) is 26.2 Å². The fourth-order valence-electron chi connectivity index (χ4n) is 4.01. The Labute approximate surface area is 170 Å². The van der Waals surface area contributed by atoms with Crippen molar-refractivity contribution >= 4 is 0 Å². The van der Waals surface area contributed by atoms with Gasteiger partial charge in [0.1, 0.15) is 5.75 Å². The SMILES string of the molecule is CCCCOc1ccc([C@@H](O)[C@H](CN2CCCCCC2)c2ccccc2)cc1. The molecule has 2 aromatic rings. The Morgan fingerprint density at radius 3 is 2.21 bits per heavy atom. The number of nitrogens with zero attached hydrogens (tertiary/aromatic N) is 1. The van der Waals surface area contributed by atoms with Gasteiger partial charge in [-0.25, -0.2) is 0 Å². The van der Waals surface area contributed by atoms with Crippen LogP contribution in [0.4, 0.5) is 0 Å². The second-order valence-corrected chi connectivity index (χ2v) is 7.95. The van der Waals surface area contributed by atoms with Crippen LogP contribution in [0.2, 0.25) is 0 Å². The van der Waals surface area contributed by atoms with E-state index in [-0.39, 0.29) is 5.92 Å². The third kappa shape index (κ3) is 6.08. The zero-order valence-electron chi connectivity index (χ0n) is 17.2. The van der Waals surface area contributed by atoms with Crippen LogP contribution >= 0.6 is 0 Å². The molecule has 0 aliphatic carbocycles. The van der Waals surface area contributed by atoms with Gasteiger partial charge < -0.3 is 14.7 Å². The first kappa shape index (κ1) is 20.9. The maximum absolute atomic E-state index is 11.3. The van der Waals surface area contributed by atoms with Crippen LogP contribution in [0.25, 0.3) is 0 Å². The van der Waals surface area contributed by atoms with Crippen molar-refractivity contribution in [3.8, 4) is 5.75 Å². The highest BCUT2D eigenvalue weighted by molar-refractivity contribution is 5.32. The van der Waals surface area contributed by atoms with Crippen molar-refractivity contribution < 1.29 is 9.84 Å². The first-order valence-electron chi connectivity index (χ1n) is 11.0. The Hall–Kier alpha value is -1.84. The molecule has 3 nitrogen and oxygen atoms in total. The highest BCUT2D eigenvalue weighted by Gasteiger charge is 2.25. The van der Waals surface area contributed by atoms with E-state index in [4.69, 9.17) is 4.74 Å². The maximum Gasteiger partial charge on any atom is 0.119 e. The fourth-order valence-corrected chi connectivity index (χ4v) is 4.01. The molecular formula is C25H35NO2. The molecule has 1 aliphatic heterocycles. The van der Waals surface area contributed by atoms with E-state index < -0.39 is 6.10 Å². The van der Waals surface area contributed by atoms with Gasteiger partial charge in [-0.15, -0.1) is 0 Å². The average molecular weight is 382 g/mol. The monoisotopic (exact) mass is 381 g/mol. The van der Waals surface area contributed by atoms with Gasteiger partial charge in [-0.05, 0) is 55.6 Å². The molecular weight excluding hydrogens is 346 g/mol. The number of rotatable bonds is 9. The van der Waals surface area contributed by atoms with Gasteiger partial charge in [-0.2, -0.15) is 0 Å². The number of hydrogen-bond acceptors (Lipinski definition) is 3. The summed E-state index contributed by atoms with van der Waals surface area (Å²) >= 11 is 0. The smallest absolute Gasteiger partial charge is 0.119 e. The van der Waals surface area contributed by atoms with E-state index in [1.165, 1.54) is 31.2 Å².